The lowest BCUT2D eigenvalue weighted by molar-refractivity contribution is 0.538. The van der Waals surface area contributed by atoms with E-state index in [4.69, 9.17) is 5.84 Å². The number of hydrogen-bond donors (Lipinski definition) is 2. The van der Waals surface area contributed by atoms with Gasteiger partial charge in [0.1, 0.15) is 0 Å². The highest BCUT2D eigenvalue weighted by molar-refractivity contribution is 7.17. The lowest BCUT2D eigenvalue weighted by Gasteiger charge is -2.14. The van der Waals surface area contributed by atoms with Gasteiger partial charge in [-0.25, -0.2) is 0 Å². The SMILES string of the molecule is NNC(Cc1csc2ccccc12)c1cnccn1. The van der Waals surface area contributed by atoms with Gasteiger partial charge in [-0.05, 0) is 28.8 Å². The second kappa shape index (κ2) is 5.44. The number of benzene rings is 1. The van der Waals surface area contributed by atoms with Gasteiger partial charge in [0, 0.05) is 17.1 Å². The summed E-state index contributed by atoms with van der Waals surface area (Å²) < 4.78 is 1.30. The predicted octanol–water partition coefficient (Wildman–Crippen LogP) is 2.44. The van der Waals surface area contributed by atoms with Crippen LogP contribution in [0.25, 0.3) is 10.1 Å². The van der Waals surface area contributed by atoms with E-state index < -0.39 is 0 Å². The standard InChI is InChI=1S/C14H14N4S/c15-18-12(13-8-16-5-6-17-13)7-10-9-19-14-4-2-1-3-11(10)14/h1-6,8-9,12,18H,7,15H2. The van der Waals surface area contributed by atoms with Crippen LogP contribution in [0.4, 0.5) is 0 Å². The van der Waals surface area contributed by atoms with Crippen molar-refractivity contribution in [1.29, 1.82) is 0 Å². The zero-order valence-corrected chi connectivity index (χ0v) is 11.1. The van der Waals surface area contributed by atoms with Crippen molar-refractivity contribution in [2.24, 2.45) is 5.84 Å². The molecule has 0 radical (unpaired) electrons. The Morgan fingerprint density at radius 2 is 2.16 bits per heavy atom. The number of fused-ring (bicyclic) bond motifs is 1. The monoisotopic (exact) mass is 270 g/mol. The summed E-state index contributed by atoms with van der Waals surface area (Å²) in [6, 6.07) is 8.38. The molecular weight excluding hydrogens is 256 g/mol. The molecule has 3 N–H and O–H groups in total. The van der Waals surface area contributed by atoms with E-state index in [-0.39, 0.29) is 6.04 Å². The van der Waals surface area contributed by atoms with Crippen molar-refractivity contribution in [2.75, 3.05) is 0 Å². The molecule has 0 aliphatic rings. The molecule has 3 aromatic rings. The lowest BCUT2D eigenvalue weighted by atomic mass is 10.0. The lowest BCUT2D eigenvalue weighted by Crippen LogP contribution is -2.30. The molecule has 4 nitrogen and oxygen atoms in total. The van der Waals surface area contributed by atoms with Crippen LogP contribution in [0.15, 0.2) is 48.2 Å². The minimum Gasteiger partial charge on any atom is -0.271 e. The van der Waals surface area contributed by atoms with Gasteiger partial charge in [-0.1, -0.05) is 18.2 Å². The van der Waals surface area contributed by atoms with Crippen LogP contribution >= 0.6 is 11.3 Å². The van der Waals surface area contributed by atoms with Gasteiger partial charge in [-0.15, -0.1) is 11.3 Å². The maximum atomic E-state index is 5.65. The second-order valence-electron chi connectivity index (χ2n) is 4.31. The number of nitrogens with two attached hydrogens (primary N) is 1. The van der Waals surface area contributed by atoms with Crippen molar-refractivity contribution < 1.29 is 0 Å². The molecule has 0 fully saturated rings. The average molecular weight is 270 g/mol. The van der Waals surface area contributed by atoms with Crippen molar-refractivity contribution in [3.63, 3.8) is 0 Å². The minimum atomic E-state index is -0.0216. The molecule has 1 atom stereocenters. The van der Waals surface area contributed by atoms with Crippen molar-refractivity contribution >= 4 is 21.4 Å². The zero-order valence-electron chi connectivity index (χ0n) is 10.3. The minimum absolute atomic E-state index is 0.0216. The summed E-state index contributed by atoms with van der Waals surface area (Å²) in [7, 11) is 0. The van der Waals surface area contributed by atoms with Crippen LogP contribution in [-0.4, -0.2) is 9.97 Å². The van der Waals surface area contributed by atoms with E-state index >= 15 is 0 Å². The quantitative estimate of drug-likeness (QED) is 0.564. The van der Waals surface area contributed by atoms with E-state index in [2.05, 4.69) is 45.0 Å². The first kappa shape index (κ1) is 12.2. The first-order valence-electron chi connectivity index (χ1n) is 6.05. The maximum absolute atomic E-state index is 5.65. The molecule has 0 saturated carbocycles. The summed E-state index contributed by atoms with van der Waals surface area (Å²) >= 11 is 1.76. The van der Waals surface area contributed by atoms with E-state index in [1.165, 1.54) is 15.6 Å². The summed E-state index contributed by atoms with van der Waals surface area (Å²) in [6.07, 6.45) is 5.90. The Morgan fingerprint density at radius 1 is 1.26 bits per heavy atom. The van der Waals surface area contributed by atoms with Gasteiger partial charge in [0.05, 0.1) is 17.9 Å². The van der Waals surface area contributed by atoms with Gasteiger partial charge in [0.2, 0.25) is 0 Å². The number of rotatable bonds is 4. The van der Waals surface area contributed by atoms with Gasteiger partial charge in [0.15, 0.2) is 0 Å². The van der Waals surface area contributed by atoms with Gasteiger partial charge in [-0.2, -0.15) is 0 Å². The molecule has 0 amide bonds. The number of aromatic nitrogens is 2. The fourth-order valence-electron chi connectivity index (χ4n) is 2.15. The summed E-state index contributed by atoms with van der Waals surface area (Å²) in [4.78, 5) is 8.40. The van der Waals surface area contributed by atoms with Gasteiger partial charge in [0.25, 0.3) is 0 Å². The first-order chi connectivity index (χ1) is 9.38. The van der Waals surface area contributed by atoms with Crippen molar-refractivity contribution in [3.05, 3.63) is 59.5 Å². The molecule has 0 bridgehead atoms. The Kier molecular flexibility index (Phi) is 3.50. The van der Waals surface area contributed by atoms with Crippen LogP contribution in [0.1, 0.15) is 17.3 Å². The number of nitrogens with zero attached hydrogens (tertiary/aromatic N) is 2. The third-order valence-corrected chi connectivity index (χ3v) is 4.14. The predicted molar refractivity (Wildman–Crippen MR) is 77.6 cm³/mol. The Balaban J connectivity index is 1.91. The molecule has 0 aliphatic heterocycles. The second-order valence-corrected chi connectivity index (χ2v) is 5.22. The van der Waals surface area contributed by atoms with E-state index in [1.807, 2.05) is 0 Å². The summed E-state index contributed by atoms with van der Waals surface area (Å²) in [5, 5.41) is 3.47. The average Bonchev–Trinajstić information content (AvgIpc) is 2.89. The molecule has 0 aliphatic carbocycles. The molecule has 3 rings (SSSR count). The highest BCUT2D eigenvalue weighted by Gasteiger charge is 2.14. The van der Waals surface area contributed by atoms with E-state index in [0.717, 1.165) is 12.1 Å². The summed E-state index contributed by atoms with van der Waals surface area (Å²) in [5.41, 5.74) is 4.97. The Hall–Kier alpha value is -1.82. The molecule has 2 aromatic heterocycles. The largest absolute Gasteiger partial charge is 0.271 e. The number of thiophene rings is 1. The van der Waals surface area contributed by atoms with Crippen LogP contribution < -0.4 is 11.3 Å². The number of nitrogens with one attached hydrogen (secondary N) is 1. The molecule has 0 saturated heterocycles. The Bertz CT molecular complexity index is 665. The number of hydrogen-bond acceptors (Lipinski definition) is 5. The van der Waals surface area contributed by atoms with Crippen LogP contribution in [-0.2, 0) is 6.42 Å². The highest BCUT2D eigenvalue weighted by Crippen LogP contribution is 2.28. The van der Waals surface area contributed by atoms with E-state index in [0.29, 0.717) is 0 Å². The molecule has 2 heterocycles. The maximum Gasteiger partial charge on any atom is 0.0772 e. The van der Waals surface area contributed by atoms with Crippen LogP contribution in [0.3, 0.4) is 0 Å². The fourth-order valence-corrected chi connectivity index (χ4v) is 3.13. The molecule has 5 heteroatoms. The molecule has 19 heavy (non-hydrogen) atoms. The molecule has 1 aromatic carbocycles. The Morgan fingerprint density at radius 3 is 2.95 bits per heavy atom. The van der Waals surface area contributed by atoms with Crippen molar-refractivity contribution in [3.8, 4) is 0 Å². The first-order valence-corrected chi connectivity index (χ1v) is 6.93. The molecule has 96 valence electrons. The normalized spacial score (nSPS) is 12.7. The van der Waals surface area contributed by atoms with Gasteiger partial charge in [-0.3, -0.25) is 21.2 Å². The fraction of sp³-hybridized carbons (Fsp3) is 0.143. The van der Waals surface area contributed by atoms with Gasteiger partial charge >= 0.3 is 0 Å². The van der Waals surface area contributed by atoms with Crippen LogP contribution in [0.5, 0.6) is 0 Å². The summed E-state index contributed by atoms with van der Waals surface area (Å²) in [5.74, 6) is 5.65. The molecule has 1 unspecified atom stereocenters. The summed E-state index contributed by atoms with van der Waals surface area (Å²) in [6.45, 7) is 0. The van der Waals surface area contributed by atoms with E-state index in [1.54, 1.807) is 29.9 Å². The van der Waals surface area contributed by atoms with E-state index in [9.17, 15) is 0 Å². The molecular formula is C14H14N4S. The topological polar surface area (TPSA) is 63.8 Å². The third-order valence-electron chi connectivity index (χ3n) is 3.13. The van der Waals surface area contributed by atoms with Crippen LogP contribution in [0, 0.1) is 0 Å². The van der Waals surface area contributed by atoms with Crippen LogP contribution in [0.2, 0.25) is 0 Å². The highest BCUT2D eigenvalue weighted by atomic mass is 32.1. The third kappa shape index (κ3) is 2.49. The molecule has 0 spiro atoms. The zero-order chi connectivity index (χ0) is 13.1. The van der Waals surface area contributed by atoms with Crippen molar-refractivity contribution in [2.45, 2.75) is 12.5 Å². The smallest absolute Gasteiger partial charge is 0.0772 e. The Labute approximate surface area is 115 Å². The van der Waals surface area contributed by atoms with Gasteiger partial charge < -0.3 is 0 Å². The van der Waals surface area contributed by atoms with Crippen molar-refractivity contribution in [1.82, 2.24) is 15.4 Å². The number of hydrazine groups is 1.